The van der Waals surface area contributed by atoms with E-state index in [2.05, 4.69) is 5.32 Å². The largest absolute Gasteiger partial charge is 0.327 e. The van der Waals surface area contributed by atoms with Gasteiger partial charge < -0.3 is 11.1 Å². The van der Waals surface area contributed by atoms with Crippen LogP contribution in [0.2, 0.25) is 0 Å². The summed E-state index contributed by atoms with van der Waals surface area (Å²) in [5.41, 5.74) is 6.93. The maximum atomic E-state index is 11.6. The van der Waals surface area contributed by atoms with Crippen molar-refractivity contribution in [3.8, 4) is 0 Å². The van der Waals surface area contributed by atoms with E-state index < -0.39 is 0 Å². The number of Topliss-reactive ketones (excluding diaryl/α,β-unsaturated/α-hetero) is 1. The van der Waals surface area contributed by atoms with E-state index in [0.29, 0.717) is 17.0 Å². The first-order valence-corrected chi connectivity index (χ1v) is 6.88. The Morgan fingerprint density at radius 1 is 1.33 bits per heavy atom. The van der Waals surface area contributed by atoms with Gasteiger partial charge in [0.05, 0.1) is 5.75 Å². The number of carbonyl (C=O) groups is 2. The minimum atomic E-state index is -0.0591. The van der Waals surface area contributed by atoms with E-state index >= 15 is 0 Å². The molecule has 0 spiro atoms. The van der Waals surface area contributed by atoms with E-state index in [4.69, 9.17) is 5.73 Å². The molecule has 1 unspecified atom stereocenters. The summed E-state index contributed by atoms with van der Waals surface area (Å²) in [7, 11) is 0. The fourth-order valence-electron chi connectivity index (χ4n) is 1.32. The Morgan fingerprint density at radius 3 is 2.44 bits per heavy atom. The number of rotatable bonds is 6. The molecule has 0 aromatic heterocycles. The molecule has 98 valence electrons. The Balaban J connectivity index is 2.42. The summed E-state index contributed by atoms with van der Waals surface area (Å²) in [4.78, 5) is 22.7. The van der Waals surface area contributed by atoms with E-state index in [0.717, 1.165) is 5.75 Å². The van der Waals surface area contributed by atoms with Crippen molar-refractivity contribution in [1.82, 2.24) is 0 Å². The van der Waals surface area contributed by atoms with E-state index in [-0.39, 0.29) is 17.7 Å². The van der Waals surface area contributed by atoms with Crippen molar-refractivity contribution in [1.29, 1.82) is 0 Å². The summed E-state index contributed by atoms with van der Waals surface area (Å²) in [5, 5.41) is 2.77. The van der Waals surface area contributed by atoms with Gasteiger partial charge >= 0.3 is 0 Å². The van der Waals surface area contributed by atoms with E-state index in [9.17, 15) is 9.59 Å². The molecule has 5 heteroatoms. The second kappa shape index (κ2) is 7.18. The summed E-state index contributed by atoms with van der Waals surface area (Å²) in [6, 6.07) is 6.95. The molecule has 1 aromatic rings. The molecule has 1 amide bonds. The van der Waals surface area contributed by atoms with Crippen LogP contribution in [-0.4, -0.2) is 29.2 Å². The van der Waals surface area contributed by atoms with E-state index in [1.54, 1.807) is 24.3 Å². The zero-order chi connectivity index (χ0) is 13.5. The van der Waals surface area contributed by atoms with Gasteiger partial charge in [-0.25, -0.2) is 0 Å². The molecule has 0 aliphatic rings. The molecule has 1 atom stereocenters. The highest BCUT2D eigenvalue weighted by atomic mass is 32.2. The maximum Gasteiger partial charge on any atom is 0.234 e. The molecule has 4 nitrogen and oxygen atoms in total. The molecule has 1 aromatic carbocycles. The molecule has 0 saturated heterocycles. The van der Waals surface area contributed by atoms with Gasteiger partial charge in [0, 0.05) is 23.0 Å². The summed E-state index contributed by atoms with van der Waals surface area (Å²) >= 11 is 1.51. The van der Waals surface area contributed by atoms with Crippen molar-refractivity contribution in [2.24, 2.45) is 5.73 Å². The van der Waals surface area contributed by atoms with Crippen LogP contribution in [0, 0.1) is 0 Å². The average molecular weight is 266 g/mol. The summed E-state index contributed by atoms with van der Waals surface area (Å²) in [6.07, 6.45) is 0. The van der Waals surface area contributed by atoms with Gasteiger partial charge in [0.1, 0.15) is 0 Å². The number of benzene rings is 1. The standard InChI is InChI=1S/C13H18N2O2S/c1-9(14)7-18-8-13(17)15-12-5-3-11(4-6-12)10(2)16/h3-6,9H,7-8,14H2,1-2H3,(H,15,17). The minimum absolute atomic E-state index is 0.0142. The number of nitrogens with two attached hydrogens (primary N) is 1. The van der Waals surface area contributed by atoms with Gasteiger partial charge in [-0.2, -0.15) is 11.8 Å². The lowest BCUT2D eigenvalue weighted by molar-refractivity contribution is -0.113. The fourth-order valence-corrected chi connectivity index (χ4v) is 2.07. The van der Waals surface area contributed by atoms with Gasteiger partial charge in [0.25, 0.3) is 0 Å². The monoisotopic (exact) mass is 266 g/mol. The molecule has 3 N–H and O–H groups in total. The Kier molecular flexibility index (Phi) is 5.88. The smallest absolute Gasteiger partial charge is 0.234 e. The second-order valence-corrected chi connectivity index (χ2v) is 5.20. The highest BCUT2D eigenvalue weighted by Gasteiger charge is 2.04. The van der Waals surface area contributed by atoms with Gasteiger partial charge in [-0.3, -0.25) is 9.59 Å². The first-order chi connectivity index (χ1) is 8.49. The molecular formula is C13H18N2O2S. The predicted octanol–water partition coefficient (Wildman–Crippen LogP) is 1.91. The van der Waals surface area contributed by atoms with Crippen LogP contribution in [0.5, 0.6) is 0 Å². The average Bonchev–Trinajstić information content (AvgIpc) is 2.29. The Morgan fingerprint density at radius 2 is 1.94 bits per heavy atom. The summed E-state index contributed by atoms with van der Waals surface area (Å²) in [5.74, 6) is 1.10. The van der Waals surface area contributed by atoms with Gasteiger partial charge in [-0.15, -0.1) is 0 Å². The Hall–Kier alpha value is -1.33. The third-order valence-electron chi connectivity index (χ3n) is 2.19. The lowest BCUT2D eigenvalue weighted by Gasteiger charge is -2.07. The normalized spacial score (nSPS) is 11.9. The zero-order valence-electron chi connectivity index (χ0n) is 10.6. The molecule has 1 rings (SSSR count). The quantitative estimate of drug-likeness (QED) is 0.771. The number of hydrogen-bond donors (Lipinski definition) is 2. The van der Waals surface area contributed by atoms with Crippen LogP contribution in [0.25, 0.3) is 0 Å². The third kappa shape index (κ3) is 5.33. The number of nitrogens with one attached hydrogen (secondary N) is 1. The number of amides is 1. The van der Waals surface area contributed by atoms with Crippen LogP contribution < -0.4 is 11.1 Å². The first-order valence-electron chi connectivity index (χ1n) is 5.73. The van der Waals surface area contributed by atoms with Crippen molar-refractivity contribution in [3.63, 3.8) is 0 Å². The molecule has 18 heavy (non-hydrogen) atoms. The molecule has 0 bridgehead atoms. The molecule has 0 aliphatic heterocycles. The van der Waals surface area contributed by atoms with Crippen molar-refractivity contribution in [3.05, 3.63) is 29.8 Å². The van der Waals surface area contributed by atoms with Gasteiger partial charge in [-0.05, 0) is 38.1 Å². The molecule has 0 saturated carbocycles. The van der Waals surface area contributed by atoms with Crippen LogP contribution >= 0.6 is 11.8 Å². The van der Waals surface area contributed by atoms with Crippen LogP contribution in [0.15, 0.2) is 24.3 Å². The molecule has 0 aliphatic carbocycles. The van der Waals surface area contributed by atoms with Crippen LogP contribution in [0.4, 0.5) is 5.69 Å². The number of carbonyl (C=O) groups excluding carboxylic acids is 2. The van der Waals surface area contributed by atoms with Crippen LogP contribution in [-0.2, 0) is 4.79 Å². The fraction of sp³-hybridized carbons (Fsp3) is 0.385. The van der Waals surface area contributed by atoms with Crippen molar-refractivity contribution in [2.45, 2.75) is 19.9 Å². The Bertz CT molecular complexity index is 416. The zero-order valence-corrected chi connectivity index (χ0v) is 11.4. The molecule has 0 fully saturated rings. The second-order valence-electron chi connectivity index (χ2n) is 4.17. The van der Waals surface area contributed by atoms with Crippen molar-refractivity contribution in [2.75, 3.05) is 16.8 Å². The van der Waals surface area contributed by atoms with Crippen molar-refractivity contribution < 1.29 is 9.59 Å². The van der Waals surface area contributed by atoms with Crippen molar-refractivity contribution >= 4 is 29.1 Å². The third-order valence-corrected chi connectivity index (χ3v) is 3.42. The lowest BCUT2D eigenvalue weighted by Crippen LogP contribution is -2.20. The highest BCUT2D eigenvalue weighted by Crippen LogP contribution is 2.11. The SMILES string of the molecule is CC(=O)c1ccc(NC(=O)CSCC(C)N)cc1. The number of anilines is 1. The van der Waals surface area contributed by atoms with E-state index in [1.165, 1.54) is 18.7 Å². The van der Waals surface area contributed by atoms with Gasteiger partial charge in [0.15, 0.2) is 5.78 Å². The number of ketones is 1. The number of hydrogen-bond acceptors (Lipinski definition) is 4. The first kappa shape index (κ1) is 14.7. The van der Waals surface area contributed by atoms with Gasteiger partial charge in [-0.1, -0.05) is 0 Å². The van der Waals surface area contributed by atoms with E-state index in [1.807, 2.05) is 6.92 Å². The van der Waals surface area contributed by atoms with Gasteiger partial charge in [0.2, 0.25) is 5.91 Å². The predicted molar refractivity (Wildman–Crippen MR) is 76.1 cm³/mol. The molecular weight excluding hydrogens is 248 g/mol. The minimum Gasteiger partial charge on any atom is -0.327 e. The maximum absolute atomic E-state index is 11.6. The molecule has 0 radical (unpaired) electrons. The Labute approximate surface area is 111 Å². The summed E-state index contributed by atoms with van der Waals surface area (Å²) in [6.45, 7) is 3.42. The van der Waals surface area contributed by atoms with Crippen LogP contribution in [0.3, 0.4) is 0 Å². The lowest BCUT2D eigenvalue weighted by atomic mass is 10.1. The highest BCUT2D eigenvalue weighted by molar-refractivity contribution is 8.00. The topological polar surface area (TPSA) is 72.2 Å². The van der Waals surface area contributed by atoms with Crippen LogP contribution in [0.1, 0.15) is 24.2 Å². The number of thioether (sulfide) groups is 1. The molecule has 0 heterocycles. The summed E-state index contributed by atoms with van der Waals surface area (Å²) < 4.78 is 0.